The zero-order valence-corrected chi connectivity index (χ0v) is 16.9. The number of imidazole rings is 1. The number of rotatable bonds is 6. The summed E-state index contributed by atoms with van der Waals surface area (Å²) in [6.07, 6.45) is 3.40. The number of aromatic hydroxyl groups is 1. The van der Waals surface area contributed by atoms with Crippen LogP contribution in [0.1, 0.15) is 6.04 Å². The van der Waals surface area contributed by atoms with Crippen LogP contribution in [-0.2, 0) is 14.8 Å². The molecule has 0 unspecified atom stereocenters. The summed E-state index contributed by atoms with van der Waals surface area (Å²) in [4.78, 5) is 4.39. The van der Waals surface area contributed by atoms with Crippen LogP contribution in [0.4, 0.5) is 0 Å². The van der Waals surface area contributed by atoms with Gasteiger partial charge < -0.3 is 19.1 Å². The Hall–Kier alpha value is -1.81. The number of phenols is 1. The van der Waals surface area contributed by atoms with E-state index in [0.29, 0.717) is 29.6 Å². The Morgan fingerprint density at radius 1 is 1.41 bits per heavy atom. The number of methoxy groups -OCH3 is 1. The van der Waals surface area contributed by atoms with Crippen LogP contribution >= 0.6 is 11.6 Å². The maximum atomic E-state index is 12.3. The smallest absolute Gasteiger partial charge is 0.214 e. The first-order valence-electron chi connectivity index (χ1n) is 8.32. The van der Waals surface area contributed by atoms with E-state index in [1.54, 1.807) is 18.5 Å². The Balaban J connectivity index is 1.98. The zero-order valence-electron chi connectivity index (χ0n) is 15.3. The van der Waals surface area contributed by atoms with E-state index < -0.39 is 10.0 Å². The van der Waals surface area contributed by atoms with Crippen molar-refractivity contribution in [1.82, 2.24) is 13.9 Å². The summed E-state index contributed by atoms with van der Waals surface area (Å²) < 4.78 is 38.5. The van der Waals surface area contributed by atoms with Gasteiger partial charge in [-0.1, -0.05) is 11.6 Å². The molecule has 8 nitrogen and oxygen atoms in total. The van der Waals surface area contributed by atoms with E-state index in [9.17, 15) is 13.5 Å². The lowest BCUT2D eigenvalue weighted by Gasteiger charge is -2.23. The lowest BCUT2D eigenvalue weighted by atomic mass is 10.1. The fraction of sp³-hybridized carbons (Fsp3) is 0.471. The number of hydrogen-bond donors (Lipinski definition) is 1. The molecular weight excluding hydrogens is 394 g/mol. The van der Waals surface area contributed by atoms with Crippen molar-refractivity contribution >= 4 is 21.6 Å². The third-order valence-corrected chi connectivity index (χ3v) is 6.96. The molecule has 1 aromatic carbocycles. The van der Waals surface area contributed by atoms with Gasteiger partial charge in [-0.3, -0.25) is 0 Å². The van der Waals surface area contributed by atoms with Crippen LogP contribution in [0.5, 0.6) is 11.5 Å². The van der Waals surface area contributed by atoms with E-state index >= 15 is 0 Å². The highest BCUT2D eigenvalue weighted by atomic mass is 35.5. The molecule has 0 bridgehead atoms. The molecule has 1 aliphatic rings. The monoisotopic (exact) mass is 415 g/mol. The molecule has 0 amide bonds. The number of nitrogens with zero attached hydrogens (tertiary/aromatic N) is 3. The summed E-state index contributed by atoms with van der Waals surface area (Å²) in [6.45, 7) is 0.728. The normalized spacial score (nSPS) is 20.3. The largest absolute Gasteiger partial charge is 0.504 e. The molecule has 148 valence electrons. The van der Waals surface area contributed by atoms with Gasteiger partial charge in [0, 0.05) is 44.0 Å². The molecule has 0 radical (unpaired) electrons. The summed E-state index contributed by atoms with van der Waals surface area (Å²) in [7, 11) is 1.12. The van der Waals surface area contributed by atoms with Crippen LogP contribution in [0.2, 0.25) is 5.02 Å². The van der Waals surface area contributed by atoms with E-state index in [1.165, 1.54) is 31.6 Å². The predicted octanol–water partition coefficient (Wildman–Crippen LogP) is 2.00. The molecule has 10 heteroatoms. The maximum Gasteiger partial charge on any atom is 0.214 e. The highest BCUT2D eigenvalue weighted by molar-refractivity contribution is 7.89. The highest BCUT2D eigenvalue weighted by Gasteiger charge is 2.35. The molecule has 0 saturated carbocycles. The van der Waals surface area contributed by atoms with Crippen molar-refractivity contribution in [3.05, 3.63) is 29.5 Å². The van der Waals surface area contributed by atoms with Crippen LogP contribution in [0.3, 0.4) is 0 Å². The van der Waals surface area contributed by atoms with Gasteiger partial charge in [-0.2, -0.15) is 0 Å². The number of halogens is 1. The topological polar surface area (TPSA) is 93.9 Å². The van der Waals surface area contributed by atoms with E-state index in [0.717, 1.165) is 0 Å². The molecule has 1 N–H and O–H groups in total. The Kier molecular flexibility index (Phi) is 5.66. The Morgan fingerprint density at radius 2 is 2.15 bits per heavy atom. The number of phenolic OH excluding ortho intramolecular Hbond substituents is 1. The molecule has 1 aliphatic heterocycles. The second kappa shape index (κ2) is 7.67. The minimum Gasteiger partial charge on any atom is -0.504 e. The Morgan fingerprint density at radius 3 is 2.81 bits per heavy atom. The minimum atomic E-state index is -3.37. The van der Waals surface area contributed by atoms with E-state index in [-0.39, 0.29) is 29.2 Å². The predicted molar refractivity (Wildman–Crippen MR) is 102 cm³/mol. The van der Waals surface area contributed by atoms with Crippen LogP contribution in [0.15, 0.2) is 24.5 Å². The molecule has 27 heavy (non-hydrogen) atoms. The third kappa shape index (κ3) is 3.91. The fourth-order valence-electron chi connectivity index (χ4n) is 3.14. The van der Waals surface area contributed by atoms with Crippen molar-refractivity contribution < 1.29 is 23.0 Å². The Labute approximate surface area is 163 Å². The van der Waals surface area contributed by atoms with Crippen LogP contribution in [-0.4, -0.2) is 67.6 Å². The minimum absolute atomic E-state index is 0.0189. The van der Waals surface area contributed by atoms with Crippen LogP contribution in [0, 0.1) is 5.92 Å². The quantitative estimate of drug-likeness (QED) is 0.775. The molecule has 3 rings (SSSR count). The van der Waals surface area contributed by atoms with Crippen molar-refractivity contribution in [3.63, 3.8) is 0 Å². The second-order valence-corrected chi connectivity index (χ2v) is 9.22. The van der Waals surface area contributed by atoms with Gasteiger partial charge in [-0.15, -0.1) is 0 Å². The first kappa shape index (κ1) is 19.9. The van der Waals surface area contributed by atoms with Crippen molar-refractivity contribution in [2.24, 2.45) is 5.92 Å². The van der Waals surface area contributed by atoms with Crippen molar-refractivity contribution in [2.75, 3.05) is 40.2 Å². The number of sulfonamides is 1. The van der Waals surface area contributed by atoms with Gasteiger partial charge in [0.15, 0.2) is 11.5 Å². The first-order valence-corrected chi connectivity index (χ1v) is 10.3. The molecule has 2 atom stereocenters. The molecule has 2 heterocycles. The lowest BCUT2D eigenvalue weighted by molar-refractivity contribution is 0.182. The number of ether oxygens (including phenoxy) is 2. The second-order valence-electron chi connectivity index (χ2n) is 6.59. The summed E-state index contributed by atoms with van der Waals surface area (Å²) >= 11 is 6.31. The zero-order chi connectivity index (χ0) is 19.8. The summed E-state index contributed by atoms with van der Waals surface area (Å²) in [6, 6.07) is 2.80. The SMILES string of the molecule is COc1cc(-c2nccn2[C@@H]2COC[C@@H]2CS(=O)(=O)N(C)C)c(Cl)cc1O. The maximum absolute atomic E-state index is 12.3. The molecule has 0 aliphatic carbocycles. The van der Waals surface area contributed by atoms with E-state index in [2.05, 4.69) is 4.98 Å². The summed E-state index contributed by atoms with van der Waals surface area (Å²) in [5.41, 5.74) is 0.581. The van der Waals surface area contributed by atoms with Gasteiger partial charge in [-0.05, 0) is 6.07 Å². The average Bonchev–Trinajstić information content (AvgIpc) is 3.23. The molecule has 1 fully saturated rings. The average molecular weight is 416 g/mol. The van der Waals surface area contributed by atoms with Gasteiger partial charge in [0.25, 0.3) is 0 Å². The van der Waals surface area contributed by atoms with Crippen molar-refractivity contribution in [2.45, 2.75) is 6.04 Å². The van der Waals surface area contributed by atoms with E-state index in [4.69, 9.17) is 21.1 Å². The van der Waals surface area contributed by atoms with Gasteiger partial charge in [0.1, 0.15) is 5.82 Å². The Bertz CT molecular complexity index is 929. The highest BCUT2D eigenvalue weighted by Crippen LogP contribution is 2.39. The number of hydrogen-bond acceptors (Lipinski definition) is 6. The van der Waals surface area contributed by atoms with E-state index in [1.807, 2.05) is 4.57 Å². The molecule has 1 saturated heterocycles. The van der Waals surface area contributed by atoms with Crippen molar-refractivity contribution in [1.29, 1.82) is 0 Å². The van der Waals surface area contributed by atoms with Gasteiger partial charge >= 0.3 is 0 Å². The van der Waals surface area contributed by atoms with Gasteiger partial charge in [-0.25, -0.2) is 17.7 Å². The molecular formula is C17H22ClN3O5S. The molecule has 0 spiro atoms. The summed E-state index contributed by atoms with van der Waals surface area (Å²) in [5, 5.41) is 10.2. The van der Waals surface area contributed by atoms with Gasteiger partial charge in [0.2, 0.25) is 10.0 Å². The fourth-order valence-corrected chi connectivity index (χ4v) is 4.54. The lowest BCUT2D eigenvalue weighted by Crippen LogP contribution is -2.32. The van der Waals surface area contributed by atoms with Crippen molar-refractivity contribution in [3.8, 4) is 22.9 Å². The first-order chi connectivity index (χ1) is 12.7. The van der Waals surface area contributed by atoms with Crippen LogP contribution < -0.4 is 4.74 Å². The standard InChI is InChI=1S/C17H22ClN3O5S/c1-20(2)27(23,24)10-11-8-26-9-14(11)21-5-4-19-17(21)12-6-16(25-3)15(22)7-13(12)18/h4-7,11,14,22H,8-10H2,1-3H3/t11-,14-/m1/s1. The molecule has 2 aromatic rings. The summed E-state index contributed by atoms with van der Waals surface area (Å²) in [5.74, 6) is 0.528. The third-order valence-electron chi connectivity index (χ3n) is 4.68. The van der Waals surface area contributed by atoms with Gasteiger partial charge in [0.05, 0.1) is 37.1 Å². The number of aromatic nitrogens is 2. The molecule has 1 aromatic heterocycles. The number of benzene rings is 1. The van der Waals surface area contributed by atoms with Crippen LogP contribution in [0.25, 0.3) is 11.4 Å².